The minimum absolute atomic E-state index is 0.541. The topological polar surface area (TPSA) is 35.2 Å². The quantitative estimate of drug-likeness (QED) is 0.801. The molecular formula is C13H19NO. The van der Waals surface area contributed by atoms with E-state index in [1.807, 2.05) is 30.3 Å². The van der Waals surface area contributed by atoms with Crippen LogP contribution < -0.4 is 10.5 Å². The van der Waals surface area contributed by atoms with Crippen molar-refractivity contribution < 1.29 is 4.74 Å². The number of benzene rings is 1. The van der Waals surface area contributed by atoms with Crippen LogP contribution in [0.1, 0.15) is 19.3 Å². The summed E-state index contributed by atoms with van der Waals surface area (Å²) in [5.74, 6) is 2.30. The Morgan fingerprint density at radius 2 is 2.00 bits per heavy atom. The van der Waals surface area contributed by atoms with Crippen LogP contribution in [0, 0.1) is 11.8 Å². The lowest BCUT2D eigenvalue weighted by molar-refractivity contribution is 0.142. The lowest BCUT2D eigenvalue weighted by atomic mass is 9.76. The molecule has 82 valence electrons. The second kappa shape index (κ2) is 5.17. The van der Waals surface area contributed by atoms with Crippen LogP contribution in [0.3, 0.4) is 0 Å². The molecule has 1 aromatic carbocycles. The maximum atomic E-state index is 5.77. The molecule has 2 rings (SSSR count). The molecule has 2 N–H and O–H groups in total. The second-order valence-corrected chi connectivity index (χ2v) is 4.31. The van der Waals surface area contributed by atoms with Gasteiger partial charge in [-0.05, 0) is 37.4 Å². The third kappa shape index (κ3) is 2.72. The number of para-hydroxylation sites is 1. The van der Waals surface area contributed by atoms with Crippen molar-refractivity contribution in [2.24, 2.45) is 17.6 Å². The van der Waals surface area contributed by atoms with Crippen molar-refractivity contribution in [3.05, 3.63) is 30.3 Å². The van der Waals surface area contributed by atoms with Gasteiger partial charge in [0.05, 0.1) is 6.61 Å². The van der Waals surface area contributed by atoms with Crippen molar-refractivity contribution in [1.29, 1.82) is 0 Å². The first-order valence-corrected chi connectivity index (χ1v) is 5.78. The van der Waals surface area contributed by atoms with E-state index in [0.29, 0.717) is 5.92 Å². The molecule has 15 heavy (non-hydrogen) atoms. The summed E-state index contributed by atoms with van der Waals surface area (Å²) >= 11 is 0. The van der Waals surface area contributed by atoms with Gasteiger partial charge in [0.25, 0.3) is 0 Å². The first kappa shape index (κ1) is 10.5. The van der Waals surface area contributed by atoms with Gasteiger partial charge in [-0.2, -0.15) is 0 Å². The predicted octanol–water partition coefficient (Wildman–Crippen LogP) is 2.44. The highest BCUT2D eigenvalue weighted by atomic mass is 16.5. The standard InChI is InChI=1S/C13H19NO/c14-9-12(11-5-4-6-11)10-15-13-7-2-1-3-8-13/h1-3,7-8,11-12H,4-6,9-10,14H2. The molecule has 0 heterocycles. The molecule has 0 saturated heterocycles. The average Bonchev–Trinajstić information content (AvgIpc) is 2.23. The van der Waals surface area contributed by atoms with Gasteiger partial charge in [0.1, 0.15) is 5.75 Å². The first-order chi connectivity index (χ1) is 7.40. The Labute approximate surface area is 91.4 Å². The summed E-state index contributed by atoms with van der Waals surface area (Å²) in [6.45, 7) is 1.52. The fraction of sp³-hybridized carbons (Fsp3) is 0.538. The van der Waals surface area contributed by atoms with E-state index in [4.69, 9.17) is 10.5 Å². The SMILES string of the molecule is NCC(COc1ccccc1)C1CCC1. The van der Waals surface area contributed by atoms with E-state index < -0.39 is 0 Å². The maximum absolute atomic E-state index is 5.77. The molecule has 2 nitrogen and oxygen atoms in total. The maximum Gasteiger partial charge on any atom is 0.119 e. The smallest absolute Gasteiger partial charge is 0.119 e. The van der Waals surface area contributed by atoms with Crippen molar-refractivity contribution in [2.45, 2.75) is 19.3 Å². The van der Waals surface area contributed by atoms with Gasteiger partial charge in [-0.1, -0.05) is 24.6 Å². The summed E-state index contributed by atoms with van der Waals surface area (Å²) in [5, 5.41) is 0. The van der Waals surface area contributed by atoms with Crippen LogP contribution >= 0.6 is 0 Å². The lowest BCUT2D eigenvalue weighted by Crippen LogP contribution is -2.32. The van der Waals surface area contributed by atoms with Crippen molar-refractivity contribution >= 4 is 0 Å². The molecular weight excluding hydrogens is 186 g/mol. The van der Waals surface area contributed by atoms with Gasteiger partial charge in [0.2, 0.25) is 0 Å². The van der Waals surface area contributed by atoms with Crippen LogP contribution in [0.15, 0.2) is 30.3 Å². The van der Waals surface area contributed by atoms with Crippen LogP contribution in [-0.4, -0.2) is 13.2 Å². The summed E-state index contributed by atoms with van der Waals surface area (Å²) in [4.78, 5) is 0. The van der Waals surface area contributed by atoms with E-state index in [2.05, 4.69) is 0 Å². The Morgan fingerprint density at radius 1 is 1.27 bits per heavy atom. The number of ether oxygens (including phenoxy) is 1. The van der Waals surface area contributed by atoms with E-state index in [0.717, 1.165) is 24.8 Å². The number of hydrogen-bond acceptors (Lipinski definition) is 2. The molecule has 1 atom stereocenters. The van der Waals surface area contributed by atoms with Gasteiger partial charge in [-0.3, -0.25) is 0 Å². The molecule has 1 aliphatic carbocycles. The van der Waals surface area contributed by atoms with Crippen LogP contribution in [0.4, 0.5) is 0 Å². The summed E-state index contributed by atoms with van der Waals surface area (Å²) in [6.07, 6.45) is 4.03. The van der Waals surface area contributed by atoms with E-state index >= 15 is 0 Å². The zero-order valence-corrected chi connectivity index (χ0v) is 9.06. The Hall–Kier alpha value is -1.02. The molecule has 1 unspecified atom stereocenters. The van der Waals surface area contributed by atoms with E-state index in [9.17, 15) is 0 Å². The molecule has 0 amide bonds. The van der Waals surface area contributed by atoms with Gasteiger partial charge in [0, 0.05) is 5.92 Å². The highest BCUT2D eigenvalue weighted by Crippen LogP contribution is 2.33. The summed E-state index contributed by atoms with van der Waals surface area (Å²) in [7, 11) is 0. The monoisotopic (exact) mass is 205 g/mol. The Morgan fingerprint density at radius 3 is 2.53 bits per heavy atom. The Balaban J connectivity index is 1.80. The van der Waals surface area contributed by atoms with Crippen LogP contribution in [0.2, 0.25) is 0 Å². The number of hydrogen-bond donors (Lipinski definition) is 1. The van der Waals surface area contributed by atoms with Gasteiger partial charge >= 0.3 is 0 Å². The number of rotatable bonds is 5. The first-order valence-electron chi connectivity index (χ1n) is 5.78. The minimum Gasteiger partial charge on any atom is -0.493 e. The van der Waals surface area contributed by atoms with Crippen LogP contribution in [-0.2, 0) is 0 Å². The fourth-order valence-electron chi connectivity index (χ4n) is 2.03. The van der Waals surface area contributed by atoms with Gasteiger partial charge in [-0.25, -0.2) is 0 Å². The molecule has 0 bridgehead atoms. The van der Waals surface area contributed by atoms with Gasteiger partial charge in [-0.15, -0.1) is 0 Å². The van der Waals surface area contributed by atoms with Crippen LogP contribution in [0.5, 0.6) is 5.75 Å². The zero-order chi connectivity index (χ0) is 10.5. The summed E-state index contributed by atoms with van der Waals surface area (Å²) < 4.78 is 5.74. The van der Waals surface area contributed by atoms with Crippen LogP contribution in [0.25, 0.3) is 0 Å². The summed E-state index contributed by atoms with van der Waals surface area (Å²) in [5.41, 5.74) is 5.77. The number of nitrogens with two attached hydrogens (primary N) is 1. The van der Waals surface area contributed by atoms with E-state index in [1.54, 1.807) is 0 Å². The third-order valence-electron chi connectivity index (χ3n) is 3.33. The average molecular weight is 205 g/mol. The normalized spacial score (nSPS) is 18.2. The molecule has 0 aromatic heterocycles. The largest absolute Gasteiger partial charge is 0.493 e. The second-order valence-electron chi connectivity index (χ2n) is 4.31. The minimum atomic E-state index is 0.541. The molecule has 2 heteroatoms. The summed E-state index contributed by atoms with van der Waals surface area (Å²) in [6, 6.07) is 9.98. The molecule has 1 fully saturated rings. The van der Waals surface area contributed by atoms with Crippen molar-refractivity contribution in [1.82, 2.24) is 0 Å². The molecule has 0 spiro atoms. The Bertz CT molecular complexity index is 282. The van der Waals surface area contributed by atoms with Crippen molar-refractivity contribution in [3.63, 3.8) is 0 Å². The lowest BCUT2D eigenvalue weighted by Gasteiger charge is -2.32. The van der Waals surface area contributed by atoms with Crippen molar-refractivity contribution in [2.75, 3.05) is 13.2 Å². The molecule has 0 aliphatic heterocycles. The van der Waals surface area contributed by atoms with Gasteiger partial charge in [0.15, 0.2) is 0 Å². The zero-order valence-electron chi connectivity index (χ0n) is 9.06. The Kier molecular flexibility index (Phi) is 3.62. The highest BCUT2D eigenvalue weighted by molar-refractivity contribution is 5.20. The van der Waals surface area contributed by atoms with Crippen molar-refractivity contribution in [3.8, 4) is 5.75 Å². The molecule has 1 saturated carbocycles. The predicted molar refractivity (Wildman–Crippen MR) is 61.8 cm³/mol. The molecule has 1 aliphatic rings. The third-order valence-corrected chi connectivity index (χ3v) is 3.33. The highest BCUT2D eigenvalue weighted by Gasteiger charge is 2.26. The van der Waals surface area contributed by atoms with Gasteiger partial charge < -0.3 is 10.5 Å². The van der Waals surface area contributed by atoms with E-state index in [-0.39, 0.29) is 0 Å². The molecule has 1 aromatic rings. The van der Waals surface area contributed by atoms with E-state index in [1.165, 1.54) is 19.3 Å². The fourth-order valence-corrected chi connectivity index (χ4v) is 2.03. The molecule has 0 radical (unpaired) electrons.